The molecule has 0 radical (unpaired) electrons. The van der Waals surface area contributed by atoms with E-state index in [1.165, 1.54) is 27.8 Å². The van der Waals surface area contributed by atoms with Crippen LogP contribution in [0.5, 0.6) is 0 Å². The number of carbonyl (C=O) groups is 1. The maximum Gasteiger partial charge on any atom is 0.224 e. The number of rotatable bonds is 0. The summed E-state index contributed by atoms with van der Waals surface area (Å²) in [5.41, 5.74) is 6.86. The molecule has 0 spiro atoms. The van der Waals surface area contributed by atoms with Crippen LogP contribution in [0.4, 0.5) is 0 Å². The van der Waals surface area contributed by atoms with Crippen molar-refractivity contribution in [3.8, 4) is 11.1 Å². The highest BCUT2D eigenvalue weighted by molar-refractivity contribution is 5.87. The van der Waals surface area contributed by atoms with Crippen LogP contribution in [0.3, 0.4) is 0 Å². The Kier molecular flexibility index (Phi) is 2.19. The average Bonchev–Trinajstić information content (AvgIpc) is 3.09. The van der Waals surface area contributed by atoms with Crippen molar-refractivity contribution in [2.75, 3.05) is 6.54 Å². The van der Waals surface area contributed by atoms with Gasteiger partial charge in [-0.2, -0.15) is 0 Å². The predicted molar refractivity (Wildman–Crippen MR) is 82.0 cm³/mol. The SMILES string of the molecule is O=C1CC2c3ccccc3-c3cccc(c32)C2CCCN12. The van der Waals surface area contributed by atoms with Gasteiger partial charge in [0.05, 0.1) is 6.04 Å². The molecule has 1 aliphatic carbocycles. The first kappa shape index (κ1) is 11.6. The molecule has 5 rings (SSSR count). The standard InChI is InChI=1S/C19H17NO/c21-18-11-16-13-6-2-1-5-12(13)14-7-3-8-15(19(14)16)17-9-4-10-20(17)18/h1-3,5-8,16-17H,4,9-11H2. The minimum atomic E-state index is 0.269. The van der Waals surface area contributed by atoms with Crippen LogP contribution in [0.2, 0.25) is 0 Å². The van der Waals surface area contributed by atoms with Gasteiger partial charge in [-0.1, -0.05) is 42.5 Å². The van der Waals surface area contributed by atoms with Crippen molar-refractivity contribution >= 4 is 5.91 Å². The van der Waals surface area contributed by atoms with Crippen molar-refractivity contribution in [1.82, 2.24) is 4.90 Å². The highest BCUT2D eigenvalue weighted by atomic mass is 16.2. The molecule has 0 aromatic heterocycles. The van der Waals surface area contributed by atoms with Crippen LogP contribution in [-0.2, 0) is 4.79 Å². The third-order valence-corrected chi connectivity index (χ3v) is 5.43. The molecule has 1 fully saturated rings. The van der Waals surface area contributed by atoms with E-state index in [9.17, 15) is 4.79 Å². The largest absolute Gasteiger partial charge is 0.336 e. The summed E-state index contributed by atoms with van der Waals surface area (Å²) in [5.74, 6) is 0.604. The van der Waals surface area contributed by atoms with Gasteiger partial charge >= 0.3 is 0 Å². The first-order valence-corrected chi connectivity index (χ1v) is 7.86. The first-order valence-electron chi connectivity index (χ1n) is 7.86. The lowest BCUT2D eigenvalue weighted by Gasteiger charge is -2.23. The van der Waals surface area contributed by atoms with Crippen molar-refractivity contribution in [3.63, 3.8) is 0 Å². The fourth-order valence-electron chi connectivity index (χ4n) is 4.59. The highest BCUT2D eigenvalue weighted by Crippen LogP contribution is 2.52. The molecule has 21 heavy (non-hydrogen) atoms. The van der Waals surface area contributed by atoms with E-state index in [4.69, 9.17) is 0 Å². The molecular weight excluding hydrogens is 258 g/mol. The van der Waals surface area contributed by atoms with Crippen LogP contribution in [0, 0.1) is 0 Å². The quantitative estimate of drug-likeness (QED) is 0.715. The first-order chi connectivity index (χ1) is 10.3. The van der Waals surface area contributed by atoms with Gasteiger partial charge in [-0.15, -0.1) is 0 Å². The molecule has 2 aliphatic heterocycles. The maximum atomic E-state index is 12.7. The van der Waals surface area contributed by atoms with E-state index >= 15 is 0 Å². The summed E-state index contributed by atoms with van der Waals surface area (Å²) in [5, 5.41) is 0. The molecule has 2 heteroatoms. The van der Waals surface area contributed by atoms with Crippen LogP contribution in [0.25, 0.3) is 11.1 Å². The second-order valence-corrected chi connectivity index (χ2v) is 6.40. The number of carbonyl (C=O) groups excluding carboxylic acids is 1. The third kappa shape index (κ3) is 1.40. The Morgan fingerprint density at radius 3 is 2.71 bits per heavy atom. The number of amides is 1. The lowest BCUT2D eigenvalue weighted by molar-refractivity contribution is -0.131. The summed E-state index contributed by atoms with van der Waals surface area (Å²) < 4.78 is 0. The van der Waals surface area contributed by atoms with E-state index in [1.54, 1.807) is 0 Å². The van der Waals surface area contributed by atoms with Crippen molar-refractivity contribution in [1.29, 1.82) is 0 Å². The molecule has 1 saturated heterocycles. The van der Waals surface area contributed by atoms with Gasteiger partial charge in [-0.05, 0) is 40.7 Å². The van der Waals surface area contributed by atoms with E-state index < -0.39 is 0 Å². The fraction of sp³-hybridized carbons (Fsp3) is 0.316. The Bertz CT molecular complexity index is 764. The lowest BCUT2D eigenvalue weighted by atomic mass is 9.89. The number of fused-ring (bicyclic) bond motifs is 5. The van der Waals surface area contributed by atoms with E-state index in [1.807, 2.05) is 0 Å². The Balaban J connectivity index is 1.82. The molecule has 104 valence electrons. The van der Waals surface area contributed by atoms with E-state index in [-0.39, 0.29) is 5.92 Å². The number of hydrogen-bond acceptors (Lipinski definition) is 1. The zero-order chi connectivity index (χ0) is 14.0. The maximum absolute atomic E-state index is 12.7. The molecule has 1 amide bonds. The summed E-state index contributed by atoms with van der Waals surface area (Å²) in [6.07, 6.45) is 2.89. The van der Waals surface area contributed by atoms with Gasteiger partial charge in [0.2, 0.25) is 5.91 Å². The zero-order valence-electron chi connectivity index (χ0n) is 11.9. The second kappa shape index (κ2) is 3.97. The van der Waals surface area contributed by atoms with Crippen molar-refractivity contribution in [3.05, 3.63) is 59.2 Å². The molecule has 3 aliphatic rings. The van der Waals surface area contributed by atoms with Crippen LogP contribution in [0.15, 0.2) is 42.5 Å². The van der Waals surface area contributed by atoms with Gasteiger partial charge in [0.25, 0.3) is 0 Å². The van der Waals surface area contributed by atoms with Crippen molar-refractivity contribution < 1.29 is 4.79 Å². The monoisotopic (exact) mass is 275 g/mol. The molecular formula is C19H17NO. The summed E-state index contributed by atoms with van der Waals surface area (Å²) in [7, 11) is 0. The Morgan fingerprint density at radius 1 is 0.952 bits per heavy atom. The number of nitrogens with zero attached hydrogens (tertiary/aromatic N) is 1. The second-order valence-electron chi connectivity index (χ2n) is 6.40. The minimum absolute atomic E-state index is 0.269. The highest BCUT2D eigenvalue weighted by Gasteiger charge is 2.41. The van der Waals surface area contributed by atoms with Gasteiger partial charge in [-0.25, -0.2) is 0 Å². The van der Waals surface area contributed by atoms with Gasteiger partial charge in [0, 0.05) is 18.9 Å². The van der Waals surface area contributed by atoms with Gasteiger partial charge < -0.3 is 4.90 Å². The Hall–Kier alpha value is -2.09. The topological polar surface area (TPSA) is 20.3 Å². The van der Waals surface area contributed by atoms with Gasteiger partial charge in [0.1, 0.15) is 0 Å². The number of benzene rings is 2. The molecule has 2 aromatic carbocycles. The lowest BCUT2D eigenvalue weighted by Crippen LogP contribution is -2.29. The smallest absolute Gasteiger partial charge is 0.224 e. The molecule has 2 atom stereocenters. The molecule has 2 aromatic rings. The van der Waals surface area contributed by atoms with E-state index in [2.05, 4.69) is 47.4 Å². The molecule has 0 N–H and O–H groups in total. The van der Waals surface area contributed by atoms with Crippen LogP contribution < -0.4 is 0 Å². The summed E-state index contributed by atoms with van der Waals surface area (Å²) in [4.78, 5) is 14.8. The van der Waals surface area contributed by atoms with Crippen molar-refractivity contribution in [2.45, 2.75) is 31.2 Å². The Morgan fingerprint density at radius 2 is 1.76 bits per heavy atom. The average molecular weight is 275 g/mol. The predicted octanol–water partition coefficient (Wildman–Crippen LogP) is 3.87. The molecule has 0 saturated carbocycles. The summed E-state index contributed by atoms with van der Waals surface area (Å²) in [6.45, 7) is 0.932. The van der Waals surface area contributed by atoms with Crippen LogP contribution in [-0.4, -0.2) is 17.4 Å². The van der Waals surface area contributed by atoms with E-state index in [0.29, 0.717) is 18.4 Å². The number of hydrogen-bond donors (Lipinski definition) is 0. The molecule has 0 bridgehead atoms. The minimum Gasteiger partial charge on any atom is -0.336 e. The van der Waals surface area contributed by atoms with Gasteiger partial charge in [-0.3, -0.25) is 4.79 Å². The summed E-state index contributed by atoms with van der Waals surface area (Å²) >= 11 is 0. The zero-order valence-corrected chi connectivity index (χ0v) is 11.9. The van der Waals surface area contributed by atoms with E-state index in [0.717, 1.165) is 19.4 Å². The van der Waals surface area contributed by atoms with Crippen molar-refractivity contribution in [2.24, 2.45) is 0 Å². The Labute approximate surface area is 124 Å². The van der Waals surface area contributed by atoms with Gasteiger partial charge in [0.15, 0.2) is 0 Å². The third-order valence-electron chi connectivity index (χ3n) is 5.43. The molecule has 2 nitrogen and oxygen atoms in total. The molecule has 2 heterocycles. The molecule has 2 unspecified atom stereocenters. The fourth-order valence-corrected chi connectivity index (χ4v) is 4.59. The summed E-state index contributed by atoms with van der Waals surface area (Å²) in [6, 6.07) is 15.6. The van der Waals surface area contributed by atoms with Crippen LogP contribution in [0.1, 0.15) is 47.9 Å². The van der Waals surface area contributed by atoms with Crippen LogP contribution >= 0.6 is 0 Å². The normalized spacial score (nSPS) is 25.3.